The van der Waals surface area contributed by atoms with Crippen molar-refractivity contribution in [3.8, 4) is 0 Å². The standard InChI is InChI=1S/C13H15FN2OS/c1-9-5-11(14)4-3-10(9)8-18-13-15-6-12(7-17)16(13)2/h3-6,17H,7-8H2,1-2H3. The number of halogens is 1. The molecule has 0 saturated heterocycles. The maximum atomic E-state index is 13.0. The number of hydrogen-bond acceptors (Lipinski definition) is 3. The Morgan fingerprint density at radius 1 is 1.44 bits per heavy atom. The number of hydrogen-bond donors (Lipinski definition) is 1. The summed E-state index contributed by atoms with van der Waals surface area (Å²) in [5.74, 6) is 0.530. The quantitative estimate of drug-likeness (QED) is 0.865. The van der Waals surface area contributed by atoms with Crippen LogP contribution < -0.4 is 0 Å². The second kappa shape index (κ2) is 5.54. The van der Waals surface area contributed by atoms with E-state index in [4.69, 9.17) is 5.11 Å². The van der Waals surface area contributed by atoms with Gasteiger partial charge in [0.25, 0.3) is 0 Å². The van der Waals surface area contributed by atoms with Crippen LogP contribution in [0, 0.1) is 12.7 Å². The summed E-state index contributed by atoms with van der Waals surface area (Å²) in [7, 11) is 1.87. The molecule has 0 aliphatic heterocycles. The first-order chi connectivity index (χ1) is 8.61. The third kappa shape index (κ3) is 2.73. The summed E-state index contributed by atoms with van der Waals surface area (Å²) >= 11 is 1.57. The topological polar surface area (TPSA) is 38.1 Å². The molecule has 0 aliphatic carbocycles. The molecule has 0 aliphatic rings. The van der Waals surface area contributed by atoms with Gasteiger partial charge in [-0.3, -0.25) is 0 Å². The fourth-order valence-corrected chi connectivity index (χ4v) is 2.72. The normalized spacial score (nSPS) is 10.9. The second-order valence-electron chi connectivity index (χ2n) is 4.11. The van der Waals surface area contributed by atoms with E-state index in [9.17, 15) is 4.39 Å². The molecule has 0 atom stereocenters. The Morgan fingerprint density at radius 2 is 2.22 bits per heavy atom. The van der Waals surface area contributed by atoms with E-state index in [1.165, 1.54) is 12.1 Å². The van der Waals surface area contributed by atoms with Crippen LogP contribution >= 0.6 is 11.8 Å². The highest BCUT2D eigenvalue weighted by Gasteiger charge is 2.07. The van der Waals surface area contributed by atoms with Crippen LogP contribution in [-0.4, -0.2) is 14.7 Å². The van der Waals surface area contributed by atoms with Crippen molar-refractivity contribution >= 4 is 11.8 Å². The summed E-state index contributed by atoms with van der Waals surface area (Å²) in [5.41, 5.74) is 2.82. The van der Waals surface area contributed by atoms with E-state index >= 15 is 0 Å². The van der Waals surface area contributed by atoms with Gasteiger partial charge < -0.3 is 9.67 Å². The van der Waals surface area contributed by atoms with Crippen molar-refractivity contribution in [3.63, 3.8) is 0 Å². The van der Waals surface area contributed by atoms with Crippen molar-refractivity contribution in [2.45, 2.75) is 24.4 Å². The van der Waals surface area contributed by atoms with Crippen molar-refractivity contribution in [1.29, 1.82) is 0 Å². The number of aliphatic hydroxyl groups is 1. The van der Waals surface area contributed by atoms with Gasteiger partial charge in [0.05, 0.1) is 18.5 Å². The minimum atomic E-state index is -0.208. The summed E-state index contributed by atoms with van der Waals surface area (Å²) in [4.78, 5) is 4.24. The molecule has 0 fully saturated rings. The molecule has 2 rings (SSSR count). The molecule has 0 amide bonds. The number of imidazole rings is 1. The monoisotopic (exact) mass is 266 g/mol. The van der Waals surface area contributed by atoms with Crippen molar-refractivity contribution in [2.75, 3.05) is 0 Å². The molecule has 0 unspecified atom stereocenters. The van der Waals surface area contributed by atoms with Gasteiger partial charge >= 0.3 is 0 Å². The van der Waals surface area contributed by atoms with Crippen molar-refractivity contribution < 1.29 is 9.50 Å². The molecule has 2 aromatic rings. The molecule has 0 bridgehead atoms. The van der Waals surface area contributed by atoms with Crippen LogP contribution in [0.3, 0.4) is 0 Å². The van der Waals surface area contributed by atoms with Crippen LogP contribution in [0.2, 0.25) is 0 Å². The Kier molecular flexibility index (Phi) is 4.04. The van der Waals surface area contributed by atoms with Crippen molar-refractivity contribution in [1.82, 2.24) is 9.55 Å². The Morgan fingerprint density at radius 3 is 2.83 bits per heavy atom. The largest absolute Gasteiger partial charge is 0.390 e. The Balaban J connectivity index is 2.09. The molecule has 1 aromatic heterocycles. The van der Waals surface area contributed by atoms with Crippen LogP contribution in [0.4, 0.5) is 4.39 Å². The lowest BCUT2D eigenvalue weighted by molar-refractivity contribution is 0.271. The highest BCUT2D eigenvalue weighted by atomic mass is 32.2. The summed E-state index contributed by atoms with van der Waals surface area (Å²) < 4.78 is 14.8. The predicted octanol–water partition coefficient (Wildman–Crippen LogP) is 2.65. The number of rotatable bonds is 4. The smallest absolute Gasteiger partial charge is 0.168 e. The maximum absolute atomic E-state index is 13.0. The number of thioether (sulfide) groups is 1. The number of benzene rings is 1. The van der Waals surface area contributed by atoms with Gasteiger partial charge in [-0.15, -0.1) is 0 Å². The molecule has 18 heavy (non-hydrogen) atoms. The van der Waals surface area contributed by atoms with Crippen molar-refractivity contribution in [3.05, 3.63) is 47.0 Å². The molecule has 0 radical (unpaired) electrons. The fraction of sp³-hybridized carbons (Fsp3) is 0.308. The van der Waals surface area contributed by atoms with E-state index < -0.39 is 0 Å². The minimum absolute atomic E-state index is 0.0142. The van der Waals surface area contributed by atoms with E-state index in [1.807, 2.05) is 18.5 Å². The number of aliphatic hydroxyl groups excluding tert-OH is 1. The molecular weight excluding hydrogens is 251 g/mol. The summed E-state index contributed by atoms with van der Waals surface area (Å²) in [6.45, 7) is 1.89. The average molecular weight is 266 g/mol. The Bertz CT molecular complexity index is 554. The van der Waals surface area contributed by atoms with Crippen LogP contribution in [0.15, 0.2) is 29.6 Å². The van der Waals surface area contributed by atoms with E-state index in [0.717, 1.165) is 27.7 Å². The van der Waals surface area contributed by atoms with Crippen LogP contribution in [0.25, 0.3) is 0 Å². The Hall–Kier alpha value is -1.33. The highest BCUT2D eigenvalue weighted by Crippen LogP contribution is 2.24. The van der Waals surface area contributed by atoms with Crippen LogP contribution in [0.1, 0.15) is 16.8 Å². The van der Waals surface area contributed by atoms with Gasteiger partial charge in [0, 0.05) is 12.8 Å². The summed E-state index contributed by atoms with van der Waals surface area (Å²) in [5, 5.41) is 9.93. The van der Waals surface area contributed by atoms with E-state index in [0.29, 0.717) is 0 Å². The van der Waals surface area contributed by atoms with Gasteiger partial charge in [0.2, 0.25) is 0 Å². The molecule has 0 saturated carbocycles. The van der Waals surface area contributed by atoms with Crippen molar-refractivity contribution in [2.24, 2.45) is 7.05 Å². The number of aromatic nitrogens is 2. The first kappa shape index (κ1) is 13.1. The highest BCUT2D eigenvalue weighted by molar-refractivity contribution is 7.98. The number of aryl methyl sites for hydroxylation is 1. The van der Waals surface area contributed by atoms with Gasteiger partial charge in [-0.25, -0.2) is 9.37 Å². The molecule has 5 heteroatoms. The average Bonchev–Trinajstić information content (AvgIpc) is 2.69. The van der Waals surface area contributed by atoms with E-state index in [1.54, 1.807) is 24.0 Å². The molecule has 96 valence electrons. The molecule has 1 heterocycles. The molecule has 1 aromatic carbocycles. The third-order valence-electron chi connectivity index (χ3n) is 2.87. The summed E-state index contributed by atoms with van der Waals surface area (Å²) in [6.07, 6.45) is 1.67. The predicted molar refractivity (Wildman–Crippen MR) is 69.8 cm³/mol. The lowest BCUT2D eigenvalue weighted by atomic mass is 10.1. The molecule has 0 spiro atoms. The van der Waals surface area contributed by atoms with Gasteiger partial charge in [0.1, 0.15) is 5.82 Å². The zero-order valence-electron chi connectivity index (χ0n) is 10.4. The maximum Gasteiger partial charge on any atom is 0.168 e. The summed E-state index contributed by atoms with van der Waals surface area (Å²) in [6, 6.07) is 4.81. The van der Waals surface area contributed by atoms with Gasteiger partial charge in [-0.2, -0.15) is 0 Å². The van der Waals surface area contributed by atoms with Gasteiger partial charge in [0.15, 0.2) is 5.16 Å². The molecule has 1 N–H and O–H groups in total. The van der Waals surface area contributed by atoms with Crippen LogP contribution in [-0.2, 0) is 19.4 Å². The first-order valence-corrected chi connectivity index (χ1v) is 6.59. The number of nitrogens with zero attached hydrogens (tertiary/aromatic N) is 2. The first-order valence-electron chi connectivity index (χ1n) is 5.61. The van der Waals surface area contributed by atoms with E-state index in [-0.39, 0.29) is 12.4 Å². The second-order valence-corrected chi connectivity index (χ2v) is 5.05. The Labute approximate surface area is 110 Å². The van der Waals surface area contributed by atoms with Crippen LogP contribution in [0.5, 0.6) is 0 Å². The third-order valence-corrected chi connectivity index (χ3v) is 3.96. The zero-order valence-corrected chi connectivity index (χ0v) is 11.2. The molecular formula is C13H15FN2OS. The SMILES string of the molecule is Cc1cc(F)ccc1CSc1ncc(CO)n1C. The van der Waals surface area contributed by atoms with Gasteiger partial charge in [-0.05, 0) is 30.2 Å². The van der Waals surface area contributed by atoms with Gasteiger partial charge in [-0.1, -0.05) is 17.8 Å². The van der Waals surface area contributed by atoms with E-state index in [2.05, 4.69) is 4.98 Å². The fourth-order valence-electron chi connectivity index (χ4n) is 1.67. The zero-order chi connectivity index (χ0) is 13.1. The lowest BCUT2D eigenvalue weighted by Gasteiger charge is -2.06. The molecule has 3 nitrogen and oxygen atoms in total. The minimum Gasteiger partial charge on any atom is -0.390 e. The lowest BCUT2D eigenvalue weighted by Crippen LogP contribution is -1.97.